The standard InChI is InChI=1S/C21H25ClN4O3/c1-15-16(22)5-4-6-17(15)24-20(28)13-23-21(29)14-25-9-11-26(12-10-25)18-7-2-3-8-19(18)27/h2-8,27H,9-14H2,1H3,(H,23,29)(H,24,28)/p+1. The molecule has 0 aromatic heterocycles. The molecule has 2 amide bonds. The first kappa shape index (κ1) is 21.0. The number of para-hydroxylation sites is 2. The Labute approximate surface area is 175 Å². The van der Waals surface area contributed by atoms with Crippen LogP contribution in [0.2, 0.25) is 5.02 Å². The van der Waals surface area contributed by atoms with Crippen LogP contribution in [-0.2, 0) is 9.59 Å². The van der Waals surface area contributed by atoms with Crippen LogP contribution in [0, 0.1) is 6.92 Å². The number of halogens is 1. The van der Waals surface area contributed by atoms with E-state index in [1.807, 2.05) is 19.1 Å². The Kier molecular flexibility index (Phi) is 6.95. The molecular formula is C21H26ClN4O3+. The fourth-order valence-electron chi connectivity index (χ4n) is 3.38. The Morgan fingerprint density at radius 3 is 2.55 bits per heavy atom. The average molecular weight is 418 g/mol. The van der Waals surface area contributed by atoms with Crippen LogP contribution in [0.3, 0.4) is 0 Å². The zero-order valence-electron chi connectivity index (χ0n) is 16.4. The van der Waals surface area contributed by atoms with E-state index in [9.17, 15) is 14.7 Å². The molecule has 0 saturated carbocycles. The van der Waals surface area contributed by atoms with Gasteiger partial charge in [0.05, 0.1) is 38.4 Å². The molecule has 0 radical (unpaired) electrons. The molecule has 1 aliphatic heterocycles. The van der Waals surface area contributed by atoms with Crippen molar-refractivity contribution in [3.8, 4) is 5.75 Å². The van der Waals surface area contributed by atoms with Gasteiger partial charge in [-0.15, -0.1) is 0 Å². The van der Waals surface area contributed by atoms with Crippen LogP contribution in [0.5, 0.6) is 5.75 Å². The molecule has 0 unspecified atom stereocenters. The SMILES string of the molecule is Cc1c(Cl)cccc1NC(=O)CNC(=O)C[NH+]1CCN(c2ccccc2O)CC1. The first-order chi connectivity index (χ1) is 13.9. The quantitative estimate of drug-likeness (QED) is 0.560. The lowest BCUT2D eigenvalue weighted by Crippen LogP contribution is -3.16. The molecule has 0 bridgehead atoms. The van der Waals surface area contributed by atoms with Crippen molar-refractivity contribution < 1.29 is 19.6 Å². The van der Waals surface area contributed by atoms with E-state index in [0.717, 1.165) is 42.3 Å². The van der Waals surface area contributed by atoms with Gasteiger partial charge in [0.15, 0.2) is 6.54 Å². The largest absolute Gasteiger partial charge is 0.506 e. The molecule has 7 nitrogen and oxygen atoms in total. The highest BCUT2D eigenvalue weighted by Crippen LogP contribution is 2.26. The van der Waals surface area contributed by atoms with Crippen molar-refractivity contribution in [1.82, 2.24) is 5.32 Å². The summed E-state index contributed by atoms with van der Waals surface area (Å²) in [7, 11) is 0. The lowest BCUT2D eigenvalue weighted by molar-refractivity contribution is -0.892. The van der Waals surface area contributed by atoms with Crippen LogP contribution in [0.1, 0.15) is 5.56 Å². The average Bonchev–Trinajstić information content (AvgIpc) is 2.71. The maximum Gasteiger partial charge on any atom is 0.275 e. The summed E-state index contributed by atoms with van der Waals surface area (Å²) in [5.41, 5.74) is 2.26. The van der Waals surface area contributed by atoms with Crippen molar-refractivity contribution in [1.29, 1.82) is 0 Å². The van der Waals surface area contributed by atoms with Crippen LogP contribution >= 0.6 is 11.6 Å². The van der Waals surface area contributed by atoms with E-state index < -0.39 is 0 Å². The maximum atomic E-state index is 12.2. The number of carbonyl (C=O) groups is 2. The van der Waals surface area contributed by atoms with Gasteiger partial charge in [0.2, 0.25) is 5.91 Å². The van der Waals surface area contributed by atoms with Gasteiger partial charge in [0.1, 0.15) is 5.75 Å². The third-order valence-electron chi connectivity index (χ3n) is 5.09. The zero-order chi connectivity index (χ0) is 20.8. The molecule has 1 fully saturated rings. The third kappa shape index (κ3) is 5.62. The number of amides is 2. The van der Waals surface area contributed by atoms with Gasteiger partial charge in [0.25, 0.3) is 5.91 Å². The van der Waals surface area contributed by atoms with Gasteiger partial charge in [-0.3, -0.25) is 9.59 Å². The highest BCUT2D eigenvalue weighted by molar-refractivity contribution is 6.31. The summed E-state index contributed by atoms with van der Waals surface area (Å²) in [6, 6.07) is 12.6. The number of aromatic hydroxyl groups is 1. The summed E-state index contributed by atoms with van der Waals surface area (Å²) >= 11 is 6.05. The van der Waals surface area contributed by atoms with E-state index in [0.29, 0.717) is 17.3 Å². The van der Waals surface area contributed by atoms with E-state index in [-0.39, 0.29) is 24.1 Å². The number of nitrogens with zero attached hydrogens (tertiary/aromatic N) is 1. The van der Waals surface area contributed by atoms with E-state index in [1.54, 1.807) is 30.3 Å². The van der Waals surface area contributed by atoms with Crippen LogP contribution in [0.15, 0.2) is 42.5 Å². The lowest BCUT2D eigenvalue weighted by atomic mass is 10.2. The van der Waals surface area contributed by atoms with Gasteiger partial charge >= 0.3 is 0 Å². The van der Waals surface area contributed by atoms with Gasteiger partial charge in [-0.25, -0.2) is 0 Å². The molecule has 1 aliphatic rings. The van der Waals surface area contributed by atoms with Crippen LogP contribution in [-0.4, -0.2) is 56.2 Å². The topological polar surface area (TPSA) is 86.1 Å². The number of rotatable bonds is 6. The Morgan fingerprint density at radius 2 is 1.83 bits per heavy atom. The minimum Gasteiger partial charge on any atom is -0.506 e. The number of phenols is 1. The number of carbonyl (C=O) groups excluding carboxylic acids is 2. The van der Waals surface area contributed by atoms with Gasteiger partial charge in [-0.1, -0.05) is 29.8 Å². The van der Waals surface area contributed by atoms with Crippen molar-refractivity contribution in [2.75, 3.05) is 49.5 Å². The maximum absolute atomic E-state index is 12.2. The summed E-state index contributed by atoms with van der Waals surface area (Å²) in [6.07, 6.45) is 0. The molecular weight excluding hydrogens is 392 g/mol. The minimum absolute atomic E-state index is 0.0813. The van der Waals surface area contributed by atoms with E-state index in [4.69, 9.17) is 11.6 Å². The molecule has 154 valence electrons. The number of anilines is 2. The number of hydrogen-bond donors (Lipinski definition) is 4. The number of benzene rings is 2. The summed E-state index contributed by atoms with van der Waals surface area (Å²) in [5, 5.41) is 16.0. The second kappa shape index (κ2) is 9.62. The normalized spacial score (nSPS) is 14.5. The second-order valence-electron chi connectivity index (χ2n) is 7.14. The van der Waals surface area contributed by atoms with Crippen LogP contribution < -0.4 is 20.4 Å². The first-order valence-corrected chi connectivity index (χ1v) is 10.00. The second-order valence-corrected chi connectivity index (χ2v) is 7.55. The molecule has 1 saturated heterocycles. The summed E-state index contributed by atoms with van der Waals surface area (Å²) in [6.45, 7) is 5.16. The predicted molar refractivity (Wildman–Crippen MR) is 114 cm³/mol. The molecule has 4 N–H and O–H groups in total. The fourth-order valence-corrected chi connectivity index (χ4v) is 3.55. The Bertz CT molecular complexity index is 882. The highest BCUT2D eigenvalue weighted by Gasteiger charge is 2.23. The Hall–Kier alpha value is -2.77. The van der Waals surface area contributed by atoms with Crippen LogP contribution in [0.4, 0.5) is 11.4 Å². The summed E-state index contributed by atoms with van der Waals surface area (Å²) < 4.78 is 0. The van der Waals surface area contributed by atoms with Crippen molar-refractivity contribution in [2.45, 2.75) is 6.92 Å². The Balaban J connectivity index is 1.41. The van der Waals surface area contributed by atoms with Crippen molar-refractivity contribution >= 4 is 34.8 Å². The molecule has 0 aliphatic carbocycles. The highest BCUT2D eigenvalue weighted by atomic mass is 35.5. The fraction of sp³-hybridized carbons (Fsp3) is 0.333. The van der Waals surface area contributed by atoms with Crippen molar-refractivity contribution in [3.05, 3.63) is 53.1 Å². The molecule has 3 rings (SSSR count). The molecule has 1 heterocycles. The molecule has 0 atom stereocenters. The third-order valence-corrected chi connectivity index (χ3v) is 5.50. The van der Waals surface area contributed by atoms with Gasteiger partial charge in [-0.05, 0) is 36.8 Å². The van der Waals surface area contributed by atoms with Gasteiger partial charge in [0, 0.05) is 10.7 Å². The number of phenolic OH excluding ortho intramolecular Hbond substituents is 1. The monoisotopic (exact) mass is 417 g/mol. The molecule has 0 spiro atoms. The molecule has 2 aromatic rings. The van der Waals surface area contributed by atoms with Gasteiger partial charge in [-0.2, -0.15) is 0 Å². The first-order valence-electron chi connectivity index (χ1n) is 9.62. The minimum atomic E-state index is -0.289. The van der Waals surface area contributed by atoms with E-state index in [2.05, 4.69) is 15.5 Å². The molecule has 29 heavy (non-hydrogen) atoms. The summed E-state index contributed by atoms with van der Waals surface area (Å²) in [5.74, 6) is -0.174. The molecule has 2 aromatic carbocycles. The predicted octanol–water partition coefficient (Wildman–Crippen LogP) is 0.814. The van der Waals surface area contributed by atoms with E-state index >= 15 is 0 Å². The zero-order valence-corrected chi connectivity index (χ0v) is 17.1. The van der Waals surface area contributed by atoms with Gasteiger partial charge < -0.3 is 25.5 Å². The Morgan fingerprint density at radius 1 is 1.10 bits per heavy atom. The number of quaternary nitrogens is 1. The van der Waals surface area contributed by atoms with E-state index in [1.165, 1.54) is 0 Å². The van der Waals surface area contributed by atoms with Crippen molar-refractivity contribution in [2.24, 2.45) is 0 Å². The molecule has 8 heteroatoms. The number of nitrogens with one attached hydrogen (secondary N) is 3. The smallest absolute Gasteiger partial charge is 0.275 e. The van der Waals surface area contributed by atoms with Crippen LogP contribution in [0.25, 0.3) is 0 Å². The lowest BCUT2D eigenvalue weighted by Gasteiger charge is -2.33. The summed E-state index contributed by atoms with van der Waals surface area (Å²) in [4.78, 5) is 27.6. The van der Waals surface area contributed by atoms with Crippen molar-refractivity contribution in [3.63, 3.8) is 0 Å². The number of piperazine rings is 1. The number of hydrogen-bond acceptors (Lipinski definition) is 4.